The lowest BCUT2D eigenvalue weighted by molar-refractivity contribution is 0.203. The minimum absolute atomic E-state index is 0.316. The summed E-state index contributed by atoms with van der Waals surface area (Å²) in [7, 11) is 0. The number of aryl methyl sites for hydroxylation is 1. The molecule has 0 amide bonds. The predicted octanol–water partition coefficient (Wildman–Crippen LogP) is 2.40. The van der Waals surface area contributed by atoms with Crippen LogP contribution in [-0.2, 0) is 6.54 Å². The topological polar surface area (TPSA) is 38.0 Å². The van der Waals surface area contributed by atoms with Crippen molar-refractivity contribution in [3.8, 4) is 0 Å². The van der Waals surface area contributed by atoms with Gasteiger partial charge in [-0.3, -0.25) is 0 Å². The second-order valence-electron chi connectivity index (χ2n) is 3.77. The fourth-order valence-electron chi connectivity index (χ4n) is 1.73. The third kappa shape index (κ3) is 1.99. The van der Waals surface area contributed by atoms with Gasteiger partial charge in [-0.15, -0.1) is 0 Å². The molecule has 6 heteroatoms. The van der Waals surface area contributed by atoms with Crippen LogP contribution >= 0.6 is 0 Å². The lowest BCUT2D eigenvalue weighted by atomic mass is 10.1. The molecule has 2 aromatic rings. The SMILES string of the molecule is CCn1cncc1C(O)c1ccc(F)c(F)c1F. The standard InChI is InChI=1S/C12H11F3N2O/c1-2-17-6-16-5-9(17)12(18)7-3-4-8(13)11(15)10(7)14/h3-6,12,18H,2H2,1H3. The molecule has 1 atom stereocenters. The van der Waals surface area contributed by atoms with Gasteiger partial charge in [0.25, 0.3) is 0 Å². The Kier molecular flexibility index (Phi) is 3.38. The minimum atomic E-state index is -1.59. The predicted molar refractivity (Wildman–Crippen MR) is 58.3 cm³/mol. The van der Waals surface area contributed by atoms with E-state index >= 15 is 0 Å². The van der Waals surface area contributed by atoms with Crippen LogP contribution in [0.4, 0.5) is 13.2 Å². The average Bonchev–Trinajstić information content (AvgIpc) is 2.83. The van der Waals surface area contributed by atoms with Crippen LogP contribution in [0.25, 0.3) is 0 Å². The molecule has 96 valence electrons. The highest BCUT2D eigenvalue weighted by Crippen LogP contribution is 2.26. The molecule has 3 nitrogen and oxygen atoms in total. The van der Waals surface area contributed by atoms with E-state index in [1.54, 1.807) is 4.57 Å². The number of hydrogen-bond acceptors (Lipinski definition) is 2. The number of hydrogen-bond donors (Lipinski definition) is 1. The van der Waals surface area contributed by atoms with Crippen molar-refractivity contribution in [1.29, 1.82) is 0 Å². The molecule has 0 aliphatic heterocycles. The largest absolute Gasteiger partial charge is 0.382 e. The highest BCUT2D eigenvalue weighted by molar-refractivity contribution is 5.28. The number of aromatic nitrogens is 2. The summed E-state index contributed by atoms with van der Waals surface area (Å²) in [6, 6.07) is 1.80. The van der Waals surface area contributed by atoms with Crippen molar-refractivity contribution in [2.24, 2.45) is 0 Å². The Morgan fingerprint density at radius 3 is 2.67 bits per heavy atom. The third-order valence-corrected chi connectivity index (χ3v) is 2.72. The fraction of sp³-hybridized carbons (Fsp3) is 0.250. The summed E-state index contributed by atoms with van der Waals surface area (Å²) in [4.78, 5) is 3.82. The maximum Gasteiger partial charge on any atom is 0.194 e. The molecule has 0 aliphatic rings. The summed E-state index contributed by atoms with van der Waals surface area (Å²) in [5.74, 6) is -4.26. The zero-order valence-electron chi connectivity index (χ0n) is 9.57. The first-order valence-corrected chi connectivity index (χ1v) is 5.37. The van der Waals surface area contributed by atoms with Gasteiger partial charge in [0.1, 0.15) is 6.10 Å². The lowest BCUT2D eigenvalue weighted by Gasteiger charge is -2.14. The van der Waals surface area contributed by atoms with E-state index in [1.807, 2.05) is 6.92 Å². The Labute approximate surface area is 102 Å². The van der Waals surface area contributed by atoms with E-state index in [2.05, 4.69) is 4.98 Å². The van der Waals surface area contributed by atoms with Gasteiger partial charge in [0.05, 0.1) is 18.2 Å². The van der Waals surface area contributed by atoms with Gasteiger partial charge < -0.3 is 9.67 Å². The highest BCUT2D eigenvalue weighted by atomic mass is 19.2. The molecule has 0 spiro atoms. The molecular formula is C12H11F3N2O. The number of halogens is 3. The molecule has 1 aromatic carbocycles. The third-order valence-electron chi connectivity index (χ3n) is 2.72. The summed E-state index contributed by atoms with van der Waals surface area (Å²) in [5.41, 5.74) is 0.00603. The Balaban J connectivity index is 2.46. The number of benzene rings is 1. The Morgan fingerprint density at radius 2 is 2.00 bits per heavy atom. The molecule has 0 bridgehead atoms. The van der Waals surface area contributed by atoms with E-state index in [9.17, 15) is 18.3 Å². The van der Waals surface area contributed by atoms with E-state index in [4.69, 9.17) is 0 Å². The molecule has 0 saturated heterocycles. The van der Waals surface area contributed by atoms with Gasteiger partial charge >= 0.3 is 0 Å². The Hall–Kier alpha value is -1.82. The van der Waals surface area contributed by atoms with Crippen LogP contribution in [0.3, 0.4) is 0 Å². The van der Waals surface area contributed by atoms with Crippen LogP contribution in [0.1, 0.15) is 24.3 Å². The van der Waals surface area contributed by atoms with Gasteiger partial charge in [-0.1, -0.05) is 0 Å². The van der Waals surface area contributed by atoms with Crippen LogP contribution in [0.2, 0.25) is 0 Å². The molecule has 1 heterocycles. The average molecular weight is 256 g/mol. The van der Waals surface area contributed by atoms with E-state index in [-0.39, 0.29) is 5.56 Å². The van der Waals surface area contributed by atoms with E-state index in [0.29, 0.717) is 12.2 Å². The van der Waals surface area contributed by atoms with Crippen molar-refractivity contribution in [3.05, 3.63) is 53.4 Å². The molecular weight excluding hydrogens is 245 g/mol. The number of imidazole rings is 1. The van der Waals surface area contributed by atoms with Gasteiger partial charge in [0.15, 0.2) is 17.5 Å². The Morgan fingerprint density at radius 1 is 1.28 bits per heavy atom. The van der Waals surface area contributed by atoms with Gasteiger partial charge in [-0.2, -0.15) is 0 Å². The van der Waals surface area contributed by atoms with E-state index < -0.39 is 23.6 Å². The van der Waals surface area contributed by atoms with Crippen molar-refractivity contribution in [1.82, 2.24) is 9.55 Å². The van der Waals surface area contributed by atoms with Crippen LogP contribution in [0.15, 0.2) is 24.7 Å². The zero-order chi connectivity index (χ0) is 13.3. The zero-order valence-corrected chi connectivity index (χ0v) is 9.57. The normalized spacial score (nSPS) is 12.7. The molecule has 0 fully saturated rings. The molecule has 1 N–H and O–H groups in total. The minimum Gasteiger partial charge on any atom is -0.382 e. The van der Waals surface area contributed by atoms with Crippen molar-refractivity contribution >= 4 is 0 Å². The molecule has 2 rings (SSSR count). The summed E-state index contributed by atoms with van der Waals surface area (Å²) in [5, 5.41) is 10.00. The van der Waals surface area contributed by atoms with Gasteiger partial charge in [-0.05, 0) is 19.1 Å². The quantitative estimate of drug-likeness (QED) is 0.856. The van der Waals surface area contributed by atoms with Gasteiger partial charge in [0, 0.05) is 12.1 Å². The second kappa shape index (κ2) is 4.81. The van der Waals surface area contributed by atoms with Crippen molar-refractivity contribution in [3.63, 3.8) is 0 Å². The molecule has 0 aliphatic carbocycles. The monoisotopic (exact) mass is 256 g/mol. The number of aliphatic hydroxyl groups is 1. The molecule has 1 aromatic heterocycles. The maximum absolute atomic E-state index is 13.5. The first-order chi connectivity index (χ1) is 8.56. The van der Waals surface area contributed by atoms with Crippen LogP contribution in [0, 0.1) is 17.5 Å². The summed E-state index contributed by atoms with van der Waals surface area (Å²) in [6.07, 6.45) is 1.44. The fourth-order valence-corrected chi connectivity index (χ4v) is 1.73. The Bertz CT molecular complexity index is 568. The number of aliphatic hydroxyl groups excluding tert-OH is 1. The molecule has 0 radical (unpaired) electrons. The van der Waals surface area contributed by atoms with Crippen molar-refractivity contribution in [2.75, 3.05) is 0 Å². The number of nitrogens with zero attached hydrogens (tertiary/aromatic N) is 2. The first kappa shape index (κ1) is 12.6. The van der Waals surface area contributed by atoms with E-state index in [1.165, 1.54) is 12.5 Å². The second-order valence-corrected chi connectivity index (χ2v) is 3.77. The van der Waals surface area contributed by atoms with E-state index in [0.717, 1.165) is 12.1 Å². The van der Waals surface area contributed by atoms with Crippen molar-refractivity contribution < 1.29 is 18.3 Å². The van der Waals surface area contributed by atoms with Crippen molar-refractivity contribution in [2.45, 2.75) is 19.6 Å². The molecule has 0 saturated carbocycles. The maximum atomic E-state index is 13.5. The van der Waals surface area contributed by atoms with Crippen LogP contribution < -0.4 is 0 Å². The summed E-state index contributed by atoms with van der Waals surface area (Å²) >= 11 is 0. The highest BCUT2D eigenvalue weighted by Gasteiger charge is 2.22. The van der Waals surface area contributed by atoms with Gasteiger partial charge in [0.2, 0.25) is 0 Å². The van der Waals surface area contributed by atoms with Crippen LogP contribution in [0.5, 0.6) is 0 Å². The lowest BCUT2D eigenvalue weighted by Crippen LogP contribution is -2.10. The number of rotatable bonds is 3. The summed E-state index contributed by atoms with van der Waals surface area (Å²) < 4.78 is 41.0. The molecule has 1 unspecified atom stereocenters. The van der Waals surface area contributed by atoms with Gasteiger partial charge in [-0.25, -0.2) is 18.2 Å². The first-order valence-electron chi connectivity index (χ1n) is 5.37. The molecule has 18 heavy (non-hydrogen) atoms. The van der Waals surface area contributed by atoms with Crippen LogP contribution in [-0.4, -0.2) is 14.7 Å². The smallest absolute Gasteiger partial charge is 0.194 e. The summed E-state index contributed by atoms with van der Waals surface area (Å²) in [6.45, 7) is 2.34.